The molecule has 0 saturated carbocycles. The van der Waals surface area contributed by atoms with E-state index in [1.54, 1.807) is 7.11 Å². The molecule has 0 aromatic heterocycles. The first-order valence-corrected chi connectivity index (χ1v) is 10.6. The van der Waals surface area contributed by atoms with Gasteiger partial charge in [0.2, 0.25) is 5.91 Å². The third kappa shape index (κ3) is 8.91. The maximum atomic E-state index is 12.1. The molecule has 3 aliphatic rings. The lowest BCUT2D eigenvalue weighted by Crippen LogP contribution is -2.38. The van der Waals surface area contributed by atoms with Crippen molar-refractivity contribution in [3.8, 4) is 0 Å². The third-order valence-electron chi connectivity index (χ3n) is 6.01. The lowest BCUT2D eigenvalue weighted by molar-refractivity contribution is -0.192. The summed E-state index contributed by atoms with van der Waals surface area (Å²) in [4.78, 5) is 23.6. The Morgan fingerprint density at radius 3 is 2.45 bits per heavy atom. The number of fused-ring (bicyclic) bond motifs is 1. The smallest absolute Gasteiger partial charge is 0.475 e. The van der Waals surface area contributed by atoms with Gasteiger partial charge >= 0.3 is 12.1 Å². The fourth-order valence-corrected chi connectivity index (χ4v) is 4.45. The summed E-state index contributed by atoms with van der Waals surface area (Å²) in [5.41, 5.74) is 0. The summed E-state index contributed by atoms with van der Waals surface area (Å²) in [6.07, 6.45) is -2.13. The molecule has 3 heterocycles. The second kappa shape index (κ2) is 12.6. The molecule has 0 spiro atoms. The van der Waals surface area contributed by atoms with Crippen LogP contribution in [-0.4, -0.2) is 94.4 Å². The molecule has 3 rings (SSSR count). The van der Waals surface area contributed by atoms with Gasteiger partial charge in [-0.3, -0.25) is 4.79 Å². The van der Waals surface area contributed by atoms with E-state index >= 15 is 0 Å². The standard InChI is InChI=1S/C18H32N2O4.C2HF3O2/c1-22-7-4-19-18(21)8-15-12-24-13-16-10-20(11-17(15)16)9-14-2-5-23-6-3-14;3-2(4,5)1(6)7/h14-17H,2-13H2,1H3,(H,19,21);(H,6,7)/t15-,16-,17+;/m1./s1. The van der Waals surface area contributed by atoms with Crippen LogP contribution in [0.25, 0.3) is 0 Å². The molecular formula is C20H33F3N2O6. The molecule has 0 radical (unpaired) electrons. The number of rotatable bonds is 7. The van der Waals surface area contributed by atoms with E-state index < -0.39 is 12.1 Å². The maximum Gasteiger partial charge on any atom is 0.490 e. The van der Waals surface area contributed by atoms with E-state index in [1.807, 2.05) is 0 Å². The molecule has 11 heteroatoms. The molecule has 3 atom stereocenters. The van der Waals surface area contributed by atoms with Gasteiger partial charge in [0, 0.05) is 52.9 Å². The Balaban J connectivity index is 0.000000423. The Kier molecular flexibility index (Phi) is 10.5. The van der Waals surface area contributed by atoms with E-state index in [2.05, 4.69) is 10.2 Å². The molecule has 8 nitrogen and oxygen atoms in total. The molecule has 0 aromatic carbocycles. The molecule has 3 fully saturated rings. The Morgan fingerprint density at radius 2 is 1.84 bits per heavy atom. The van der Waals surface area contributed by atoms with Gasteiger partial charge in [-0.25, -0.2) is 4.79 Å². The number of nitrogens with zero attached hydrogens (tertiary/aromatic N) is 1. The SMILES string of the molecule is COCCNC(=O)C[C@@H]1COC[C@H]2CN(CC3CCOCC3)C[C@@H]12.O=C(O)C(F)(F)F. The number of carbonyl (C=O) groups is 2. The number of methoxy groups -OCH3 is 1. The predicted molar refractivity (Wildman–Crippen MR) is 104 cm³/mol. The van der Waals surface area contributed by atoms with E-state index in [1.165, 1.54) is 19.4 Å². The molecule has 3 saturated heterocycles. The van der Waals surface area contributed by atoms with Crippen LogP contribution in [0.4, 0.5) is 13.2 Å². The number of amides is 1. The molecule has 31 heavy (non-hydrogen) atoms. The van der Waals surface area contributed by atoms with Crippen molar-refractivity contribution in [3.05, 3.63) is 0 Å². The van der Waals surface area contributed by atoms with E-state index in [9.17, 15) is 18.0 Å². The maximum absolute atomic E-state index is 12.1. The average molecular weight is 454 g/mol. The predicted octanol–water partition coefficient (Wildman–Crippen LogP) is 1.39. The Morgan fingerprint density at radius 1 is 1.16 bits per heavy atom. The van der Waals surface area contributed by atoms with Crippen molar-refractivity contribution >= 4 is 11.9 Å². The van der Waals surface area contributed by atoms with Crippen molar-refractivity contribution in [2.45, 2.75) is 25.4 Å². The average Bonchev–Trinajstić information content (AvgIpc) is 3.12. The topological polar surface area (TPSA) is 97.3 Å². The monoisotopic (exact) mass is 454 g/mol. The fraction of sp³-hybridized carbons (Fsp3) is 0.900. The summed E-state index contributed by atoms with van der Waals surface area (Å²) in [7, 11) is 1.65. The minimum Gasteiger partial charge on any atom is -0.475 e. The largest absolute Gasteiger partial charge is 0.490 e. The van der Waals surface area contributed by atoms with Crippen molar-refractivity contribution < 1.29 is 42.1 Å². The second-order valence-electron chi connectivity index (χ2n) is 8.35. The van der Waals surface area contributed by atoms with Crippen LogP contribution in [0.2, 0.25) is 0 Å². The van der Waals surface area contributed by atoms with Gasteiger partial charge in [-0.05, 0) is 36.5 Å². The van der Waals surface area contributed by atoms with Gasteiger partial charge in [-0.1, -0.05) is 0 Å². The van der Waals surface area contributed by atoms with Crippen molar-refractivity contribution in [2.24, 2.45) is 23.7 Å². The molecule has 2 N–H and O–H groups in total. The lowest BCUT2D eigenvalue weighted by Gasteiger charge is -2.32. The number of carbonyl (C=O) groups excluding carboxylic acids is 1. The highest BCUT2D eigenvalue weighted by molar-refractivity contribution is 5.76. The van der Waals surface area contributed by atoms with Gasteiger partial charge in [0.15, 0.2) is 0 Å². The Hall–Kier alpha value is -1.43. The number of aliphatic carboxylic acids is 1. The summed E-state index contributed by atoms with van der Waals surface area (Å²) in [6, 6.07) is 0. The first kappa shape index (κ1) is 25.8. The summed E-state index contributed by atoms with van der Waals surface area (Å²) in [5.74, 6) is -0.305. The summed E-state index contributed by atoms with van der Waals surface area (Å²) < 4.78 is 48.0. The first-order valence-electron chi connectivity index (χ1n) is 10.6. The quantitative estimate of drug-likeness (QED) is 0.561. The van der Waals surface area contributed by atoms with Gasteiger partial charge in [-0.15, -0.1) is 0 Å². The molecule has 3 aliphatic heterocycles. The van der Waals surface area contributed by atoms with Crippen LogP contribution in [0.5, 0.6) is 0 Å². The fourth-order valence-electron chi connectivity index (χ4n) is 4.45. The highest BCUT2D eigenvalue weighted by atomic mass is 19.4. The van der Waals surface area contributed by atoms with Crippen LogP contribution in [0.3, 0.4) is 0 Å². The van der Waals surface area contributed by atoms with Crippen LogP contribution < -0.4 is 5.32 Å². The van der Waals surface area contributed by atoms with Crippen molar-refractivity contribution in [2.75, 3.05) is 66.3 Å². The lowest BCUT2D eigenvalue weighted by atomic mass is 9.81. The van der Waals surface area contributed by atoms with Gasteiger partial charge in [0.1, 0.15) is 0 Å². The van der Waals surface area contributed by atoms with E-state index in [4.69, 9.17) is 24.1 Å². The Bertz CT molecular complexity index is 572. The van der Waals surface area contributed by atoms with Gasteiger partial charge in [0.05, 0.1) is 19.8 Å². The number of nitrogens with one attached hydrogen (secondary N) is 1. The summed E-state index contributed by atoms with van der Waals surface area (Å²) in [5, 5.41) is 10.1. The van der Waals surface area contributed by atoms with Gasteiger partial charge < -0.3 is 29.5 Å². The van der Waals surface area contributed by atoms with Crippen molar-refractivity contribution in [1.82, 2.24) is 10.2 Å². The van der Waals surface area contributed by atoms with Crippen LogP contribution in [-0.2, 0) is 23.8 Å². The zero-order valence-electron chi connectivity index (χ0n) is 17.9. The molecular weight excluding hydrogens is 421 g/mol. The summed E-state index contributed by atoms with van der Waals surface area (Å²) in [6.45, 7) is 8.01. The molecule has 180 valence electrons. The normalized spacial score (nSPS) is 27.2. The highest BCUT2D eigenvalue weighted by Crippen LogP contribution is 2.36. The first-order chi connectivity index (χ1) is 14.7. The number of ether oxygens (including phenoxy) is 3. The number of likely N-dealkylation sites (tertiary alicyclic amines) is 1. The zero-order valence-corrected chi connectivity index (χ0v) is 17.9. The number of hydrogen-bond donors (Lipinski definition) is 2. The van der Waals surface area contributed by atoms with E-state index in [0.717, 1.165) is 45.4 Å². The Labute approximate surface area is 180 Å². The minimum absolute atomic E-state index is 0.129. The van der Waals surface area contributed by atoms with Gasteiger partial charge in [-0.2, -0.15) is 13.2 Å². The molecule has 1 amide bonds. The molecule has 0 bridgehead atoms. The zero-order chi connectivity index (χ0) is 22.9. The number of hydrogen-bond acceptors (Lipinski definition) is 6. The molecule has 0 aromatic rings. The second-order valence-corrected chi connectivity index (χ2v) is 8.35. The van der Waals surface area contributed by atoms with Crippen LogP contribution in [0.1, 0.15) is 19.3 Å². The molecule has 0 unspecified atom stereocenters. The van der Waals surface area contributed by atoms with E-state index in [-0.39, 0.29) is 5.91 Å². The van der Waals surface area contributed by atoms with Gasteiger partial charge in [0.25, 0.3) is 0 Å². The number of carboxylic acid groups (broad SMARTS) is 1. The molecule has 0 aliphatic carbocycles. The summed E-state index contributed by atoms with van der Waals surface area (Å²) >= 11 is 0. The van der Waals surface area contributed by atoms with E-state index in [0.29, 0.717) is 37.3 Å². The minimum atomic E-state index is -5.08. The van der Waals surface area contributed by atoms with Crippen LogP contribution in [0.15, 0.2) is 0 Å². The van der Waals surface area contributed by atoms with Crippen LogP contribution >= 0.6 is 0 Å². The third-order valence-corrected chi connectivity index (χ3v) is 6.01. The van der Waals surface area contributed by atoms with Crippen LogP contribution in [0, 0.1) is 23.7 Å². The number of alkyl halides is 3. The number of halogens is 3. The van der Waals surface area contributed by atoms with Crippen molar-refractivity contribution in [1.29, 1.82) is 0 Å². The highest BCUT2D eigenvalue weighted by Gasteiger charge is 2.42. The number of carboxylic acids is 1. The van der Waals surface area contributed by atoms with Crippen molar-refractivity contribution in [3.63, 3.8) is 0 Å².